The van der Waals surface area contributed by atoms with Gasteiger partial charge < -0.3 is 14.8 Å². The molecular weight excluding hydrogens is 498 g/mol. The van der Waals surface area contributed by atoms with Gasteiger partial charge >= 0.3 is 6.09 Å². The molecule has 0 unspecified atom stereocenters. The lowest BCUT2D eigenvalue weighted by molar-refractivity contribution is -0.119. The first-order chi connectivity index (χ1) is 16.3. The molecule has 0 fully saturated rings. The lowest BCUT2D eigenvalue weighted by Gasteiger charge is -2.35. The molecule has 0 bridgehead atoms. The minimum Gasteiger partial charge on any atom is -0.484 e. The van der Waals surface area contributed by atoms with Crippen molar-refractivity contribution in [3.05, 3.63) is 29.0 Å². The van der Waals surface area contributed by atoms with Crippen LogP contribution in [0.2, 0.25) is 5.15 Å². The Hall–Kier alpha value is -2.99. The predicted octanol–water partition coefficient (Wildman–Crippen LogP) is 2.92. The fraction of sp³-hybridized carbons (Fsp3) is 0.500. The molecule has 190 valence electrons. The number of anilines is 2. The Morgan fingerprint density at radius 3 is 2.74 bits per heavy atom. The summed E-state index contributed by atoms with van der Waals surface area (Å²) in [6.07, 6.45) is -0.00409. The summed E-state index contributed by atoms with van der Waals surface area (Å²) >= 11 is 6.29. The molecule has 3 heterocycles. The molecule has 0 saturated carbocycles. The number of ether oxygens (including phenoxy) is 2. The largest absolute Gasteiger partial charge is 0.484 e. The summed E-state index contributed by atoms with van der Waals surface area (Å²) in [5.74, 6) is 0.0214. The molecule has 2 aliphatic heterocycles. The number of nitrogens with zero attached hydrogens (tertiary/aromatic N) is 3. The minimum absolute atomic E-state index is 0.0340. The number of carbonyl (C=O) groups is 2. The molecule has 2 aromatic rings. The Morgan fingerprint density at radius 2 is 2.06 bits per heavy atom. The first kappa shape index (κ1) is 25.1. The van der Waals surface area contributed by atoms with Crippen LogP contribution < -0.4 is 19.7 Å². The normalized spacial score (nSPS) is 17.3. The second kappa shape index (κ2) is 9.23. The number of amides is 2. The van der Waals surface area contributed by atoms with E-state index in [-0.39, 0.29) is 40.5 Å². The lowest BCUT2D eigenvalue weighted by atomic mass is 10.2. The molecule has 2 amide bonds. The second-order valence-corrected chi connectivity index (χ2v) is 11.6. The SMILES string of the molecule is CC(=O)NC[C@H]1CN(S(=O)(=O)c2c(Cl)nn3c2CCC3)c2cc(NC(=O)OC(C)(C)C)ccc2O1. The number of hydrogen-bond acceptors (Lipinski definition) is 7. The van der Waals surface area contributed by atoms with Crippen molar-refractivity contribution >= 4 is 45.0 Å². The van der Waals surface area contributed by atoms with E-state index in [1.807, 2.05) is 0 Å². The van der Waals surface area contributed by atoms with Crippen molar-refractivity contribution in [3.63, 3.8) is 0 Å². The number of nitrogens with one attached hydrogen (secondary N) is 2. The van der Waals surface area contributed by atoms with Gasteiger partial charge in [-0.2, -0.15) is 5.10 Å². The van der Waals surface area contributed by atoms with Crippen molar-refractivity contribution in [1.29, 1.82) is 0 Å². The van der Waals surface area contributed by atoms with Crippen LogP contribution in [0.4, 0.5) is 16.2 Å². The van der Waals surface area contributed by atoms with Gasteiger partial charge in [0.1, 0.15) is 22.4 Å². The van der Waals surface area contributed by atoms with Crippen molar-refractivity contribution in [2.24, 2.45) is 0 Å². The van der Waals surface area contributed by atoms with E-state index in [2.05, 4.69) is 15.7 Å². The molecule has 0 aliphatic carbocycles. The van der Waals surface area contributed by atoms with Crippen molar-refractivity contribution in [1.82, 2.24) is 15.1 Å². The maximum atomic E-state index is 13.9. The van der Waals surface area contributed by atoms with E-state index in [1.54, 1.807) is 37.6 Å². The van der Waals surface area contributed by atoms with E-state index in [4.69, 9.17) is 21.1 Å². The molecule has 13 heteroatoms. The number of fused-ring (bicyclic) bond motifs is 2. The fourth-order valence-corrected chi connectivity index (χ4v) is 6.28. The van der Waals surface area contributed by atoms with E-state index in [0.29, 0.717) is 24.3 Å². The number of carbonyl (C=O) groups excluding carboxylic acids is 2. The van der Waals surface area contributed by atoms with Crippen LogP contribution in [-0.4, -0.2) is 55.0 Å². The highest BCUT2D eigenvalue weighted by Crippen LogP contribution is 2.41. The minimum atomic E-state index is -4.15. The molecule has 1 atom stereocenters. The number of sulfonamides is 1. The van der Waals surface area contributed by atoms with E-state index in [1.165, 1.54) is 17.3 Å². The Kier molecular flexibility index (Phi) is 6.62. The quantitative estimate of drug-likeness (QED) is 0.613. The molecule has 2 N–H and O–H groups in total. The van der Waals surface area contributed by atoms with Gasteiger partial charge in [-0.15, -0.1) is 0 Å². The lowest BCUT2D eigenvalue weighted by Crippen LogP contribution is -2.48. The van der Waals surface area contributed by atoms with Gasteiger partial charge in [-0.25, -0.2) is 13.2 Å². The van der Waals surface area contributed by atoms with E-state index in [0.717, 1.165) is 6.42 Å². The van der Waals surface area contributed by atoms with Gasteiger partial charge in [0.2, 0.25) is 5.91 Å². The monoisotopic (exact) mass is 525 g/mol. The van der Waals surface area contributed by atoms with Crippen LogP contribution in [0.5, 0.6) is 5.75 Å². The summed E-state index contributed by atoms with van der Waals surface area (Å²) in [5, 5.41) is 9.39. The van der Waals surface area contributed by atoms with Crippen LogP contribution in [0.1, 0.15) is 39.8 Å². The zero-order valence-corrected chi connectivity index (χ0v) is 21.5. The molecule has 35 heavy (non-hydrogen) atoms. The number of rotatable bonds is 5. The third kappa shape index (κ3) is 5.32. The molecule has 4 rings (SSSR count). The number of aromatic nitrogens is 2. The zero-order chi connectivity index (χ0) is 25.5. The predicted molar refractivity (Wildman–Crippen MR) is 129 cm³/mol. The topological polar surface area (TPSA) is 132 Å². The van der Waals surface area contributed by atoms with Crippen molar-refractivity contribution in [3.8, 4) is 5.75 Å². The number of hydrogen-bond donors (Lipinski definition) is 2. The molecule has 0 radical (unpaired) electrons. The fourth-order valence-electron chi connectivity index (χ4n) is 4.04. The third-order valence-corrected chi connectivity index (χ3v) is 7.66. The summed E-state index contributed by atoms with van der Waals surface area (Å²) < 4.78 is 41.9. The van der Waals surface area contributed by atoms with Crippen LogP contribution in [0.3, 0.4) is 0 Å². The highest BCUT2D eigenvalue weighted by atomic mass is 35.5. The molecule has 1 aromatic heterocycles. The van der Waals surface area contributed by atoms with Crippen LogP contribution in [-0.2, 0) is 32.5 Å². The first-order valence-corrected chi connectivity index (χ1v) is 13.0. The summed E-state index contributed by atoms with van der Waals surface area (Å²) in [6, 6.07) is 4.65. The maximum Gasteiger partial charge on any atom is 0.412 e. The van der Waals surface area contributed by atoms with Gasteiger partial charge in [0, 0.05) is 19.2 Å². The van der Waals surface area contributed by atoms with Crippen LogP contribution in [0.25, 0.3) is 0 Å². The number of benzene rings is 1. The van der Waals surface area contributed by atoms with Gasteiger partial charge in [-0.1, -0.05) is 11.6 Å². The van der Waals surface area contributed by atoms with Crippen LogP contribution in [0, 0.1) is 0 Å². The van der Waals surface area contributed by atoms with Crippen molar-refractivity contribution < 1.29 is 27.5 Å². The van der Waals surface area contributed by atoms with E-state index >= 15 is 0 Å². The van der Waals surface area contributed by atoms with E-state index < -0.39 is 27.8 Å². The van der Waals surface area contributed by atoms with Crippen molar-refractivity contribution in [2.45, 2.75) is 63.7 Å². The Labute approximate surface area is 208 Å². The molecule has 0 saturated heterocycles. The number of halogens is 1. The molecule has 2 aliphatic rings. The van der Waals surface area contributed by atoms with Crippen molar-refractivity contribution in [2.75, 3.05) is 22.7 Å². The zero-order valence-electron chi connectivity index (χ0n) is 19.9. The number of aryl methyl sites for hydroxylation is 1. The molecule has 0 spiro atoms. The summed E-state index contributed by atoms with van der Waals surface area (Å²) in [6.45, 7) is 7.22. The average molecular weight is 526 g/mol. The van der Waals surface area contributed by atoms with Gasteiger partial charge in [-0.3, -0.25) is 19.1 Å². The van der Waals surface area contributed by atoms with Gasteiger partial charge in [0.15, 0.2) is 5.15 Å². The van der Waals surface area contributed by atoms with Gasteiger partial charge in [0.05, 0.1) is 24.5 Å². The van der Waals surface area contributed by atoms with Crippen LogP contribution >= 0.6 is 11.6 Å². The highest BCUT2D eigenvalue weighted by Gasteiger charge is 2.40. The second-order valence-electron chi connectivity index (χ2n) is 9.42. The highest BCUT2D eigenvalue weighted by molar-refractivity contribution is 7.93. The summed E-state index contributed by atoms with van der Waals surface area (Å²) in [5.41, 5.74) is 0.414. The standard InChI is InChI=1S/C22H28ClN5O6S/c1-13(29)24-11-15-12-28(35(31,32)19-16-6-5-9-27(16)26-20(19)23)17-10-14(7-8-18(17)33-15)25-21(30)34-22(2,3)4/h7-8,10,15H,5-6,9,11-12H2,1-4H3,(H,24,29)(H,25,30)/t15-/m0/s1. The van der Waals surface area contributed by atoms with E-state index in [9.17, 15) is 18.0 Å². The smallest absolute Gasteiger partial charge is 0.412 e. The first-order valence-electron chi connectivity index (χ1n) is 11.2. The van der Waals surface area contributed by atoms with Gasteiger partial charge in [0.25, 0.3) is 10.0 Å². The van der Waals surface area contributed by atoms with Crippen LogP contribution in [0.15, 0.2) is 23.1 Å². The molecule has 1 aromatic carbocycles. The Morgan fingerprint density at radius 1 is 1.31 bits per heavy atom. The molecule has 11 nitrogen and oxygen atoms in total. The average Bonchev–Trinajstić information content (AvgIpc) is 3.30. The Bertz CT molecular complexity index is 1270. The molecular formula is C22H28ClN5O6S. The summed E-state index contributed by atoms with van der Waals surface area (Å²) in [7, 11) is -4.15. The maximum absolute atomic E-state index is 13.9. The Balaban J connectivity index is 1.73. The van der Waals surface area contributed by atoms with Gasteiger partial charge in [-0.05, 0) is 51.8 Å². The summed E-state index contributed by atoms with van der Waals surface area (Å²) in [4.78, 5) is 23.7. The third-order valence-electron chi connectivity index (χ3n) is 5.42.